The predicted octanol–water partition coefficient (Wildman–Crippen LogP) is 3.49. The molecule has 0 aliphatic rings. The van der Waals surface area contributed by atoms with Crippen LogP contribution in [0.4, 0.5) is 23.9 Å². The molecule has 0 bridgehead atoms. The molecule has 0 aliphatic heterocycles. The van der Waals surface area contributed by atoms with Gasteiger partial charge in [0.2, 0.25) is 0 Å². The molecule has 1 atom stereocenters. The number of hydrogen-bond donors (Lipinski definition) is 1. The van der Waals surface area contributed by atoms with E-state index in [1.807, 2.05) is 0 Å². The second kappa shape index (κ2) is 5.96. The third-order valence-corrected chi connectivity index (χ3v) is 3.89. The van der Waals surface area contributed by atoms with Crippen LogP contribution in [0.3, 0.4) is 0 Å². The van der Waals surface area contributed by atoms with Crippen LogP contribution >= 0.6 is 11.3 Å². The molecule has 114 valence electrons. The van der Waals surface area contributed by atoms with Gasteiger partial charge in [0.15, 0.2) is 5.00 Å². The van der Waals surface area contributed by atoms with Crippen molar-refractivity contribution in [2.24, 2.45) is 0 Å². The molecule has 0 aromatic carbocycles. The summed E-state index contributed by atoms with van der Waals surface area (Å²) in [7, 11) is 0. The van der Waals surface area contributed by atoms with E-state index in [1.165, 1.54) is 20.8 Å². The van der Waals surface area contributed by atoms with Crippen molar-refractivity contribution >= 4 is 22.0 Å². The average molecular weight is 312 g/mol. The molecule has 0 spiro atoms. The fourth-order valence-electron chi connectivity index (χ4n) is 1.61. The summed E-state index contributed by atoms with van der Waals surface area (Å²) in [6.07, 6.45) is -5.43. The van der Waals surface area contributed by atoms with Crippen LogP contribution in [0, 0.1) is 10.1 Å². The van der Waals surface area contributed by atoms with E-state index in [-0.39, 0.29) is 9.88 Å². The molecule has 0 amide bonds. The van der Waals surface area contributed by atoms with Gasteiger partial charge in [-0.3, -0.25) is 10.1 Å². The highest BCUT2D eigenvalue weighted by molar-refractivity contribution is 7.16. The first kappa shape index (κ1) is 16.7. The van der Waals surface area contributed by atoms with Crippen LogP contribution < -0.4 is 4.90 Å². The van der Waals surface area contributed by atoms with Gasteiger partial charge in [-0.05, 0) is 20.8 Å². The van der Waals surface area contributed by atoms with Gasteiger partial charge >= 0.3 is 11.9 Å². The molecule has 1 rings (SSSR count). The molecule has 1 unspecified atom stereocenters. The fraction of sp³-hybridized carbons (Fsp3) is 0.636. The van der Waals surface area contributed by atoms with Crippen LogP contribution in [0.1, 0.15) is 31.8 Å². The van der Waals surface area contributed by atoms with E-state index in [1.54, 1.807) is 0 Å². The summed E-state index contributed by atoms with van der Waals surface area (Å²) in [5.41, 5.74) is -0.413. The first-order valence-corrected chi connectivity index (χ1v) is 6.64. The quantitative estimate of drug-likeness (QED) is 0.667. The Morgan fingerprint density at radius 1 is 1.45 bits per heavy atom. The number of thiophene rings is 1. The number of hydrogen-bond acceptors (Lipinski definition) is 5. The van der Waals surface area contributed by atoms with Crippen LogP contribution in [0.5, 0.6) is 0 Å². The second-order valence-electron chi connectivity index (χ2n) is 4.61. The third-order valence-electron chi connectivity index (χ3n) is 2.55. The van der Waals surface area contributed by atoms with Gasteiger partial charge in [-0.1, -0.05) is 0 Å². The van der Waals surface area contributed by atoms with Gasteiger partial charge in [-0.2, -0.15) is 13.2 Å². The van der Waals surface area contributed by atoms with E-state index in [0.717, 1.165) is 22.3 Å². The van der Waals surface area contributed by atoms with Gasteiger partial charge in [0.25, 0.3) is 0 Å². The molecule has 1 heterocycles. The van der Waals surface area contributed by atoms with Crippen LogP contribution in [-0.4, -0.2) is 28.8 Å². The fourth-order valence-corrected chi connectivity index (χ4v) is 2.81. The van der Waals surface area contributed by atoms with Crippen LogP contribution in [-0.2, 0) is 0 Å². The van der Waals surface area contributed by atoms with Crippen molar-refractivity contribution in [1.29, 1.82) is 0 Å². The number of anilines is 1. The number of halogens is 3. The molecule has 1 aromatic heterocycles. The van der Waals surface area contributed by atoms with Crippen molar-refractivity contribution in [2.45, 2.75) is 39.1 Å². The topological polar surface area (TPSA) is 66.6 Å². The van der Waals surface area contributed by atoms with Crippen molar-refractivity contribution < 1.29 is 23.2 Å². The summed E-state index contributed by atoms with van der Waals surface area (Å²) in [6.45, 7) is 3.18. The highest BCUT2D eigenvalue weighted by Crippen LogP contribution is 2.41. The maximum atomic E-state index is 12.6. The van der Waals surface area contributed by atoms with Gasteiger partial charge in [0.05, 0.1) is 11.0 Å². The zero-order valence-electron chi connectivity index (χ0n) is 11.1. The lowest BCUT2D eigenvalue weighted by atomic mass is 10.3. The normalized spacial score (nSPS) is 13.6. The minimum Gasteiger partial charge on any atom is -0.388 e. The molecule has 20 heavy (non-hydrogen) atoms. The zero-order chi connectivity index (χ0) is 15.7. The Labute approximate surface area is 117 Å². The Morgan fingerprint density at radius 2 is 2.00 bits per heavy atom. The molecular formula is C11H15F3N2O3S. The summed E-state index contributed by atoms with van der Waals surface area (Å²) < 4.78 is 37.8. The standard InChI is InChI=1S/C11H15F3N2O3S/c1-6(2)15(5-11(12,13)14)10-8(16(18)19)4-9(20-10)7(3)17/h4,6-7,17H,5H2,1-3H3. The molecule has 0 saturated heterocycles. The lowest BCUT2D eigenvalue weighted by Gasteiger charge is -2.27. The molecule has 0 saturated carbocycles. The smallest absolute Gasteiger partial charge is 0.388 e. The maximum Gasteiger partial charge on any atom is 0.405 e. The van der Waals surface area contributed by atoms with Gasteiger partial charge < -0.3 is 10.0 Å². The molecule has 5 nitrogen and oxygen atoms in total. The molecular weight excluding hydrogens is 297 g/mol. The Kier molecular flexibility index (Phi) is 4.98. The second-order valence-corrected chi connectivity index (χ2v) is 5.67. The number of rotatable bonds is 5. The molecule has 0 radical (unpaired) electrons. The van der Waals surface area contributed by atoms with E-state index < -0.39 is 35.5 Å². The number of alkyl halides is 3. The summed E-state index contributed by atoms with van der Waals surface area (Å²) in [4.78, 5) is 11.4. The largest absolute Gasteiger partial charge is 0.405 e. The van der Waals surface area contributed by atoms with Gasteiger partial charge in [-0.25, -0.2) is 0 Å². The highest BCUT2D eigenvalue weighted by Gasteiger charge is 2.36. The van der Waals surface area contributed by atoms with Crippen LogP contribution in [0.2, 0.25) is 0 Å². The minimum atomic E-state index is -4.47. The van der Waals surface area contributed by atoms with E-state index in [9.17, 15) is 28.4 Å². The Hall–Kier alpha value is -1.35. The average Bonchev–Trinajstić information content (AvgIpc) is 2.68. The zero-order valence-corrected chi connectivity index (χ0v) is 12.0. The summed E-state index contributed by atoms with van der Waals surface area (Å²) in [5.74, 6) is 0. The van der Waals surface area contributed by atoms with Crippen molar-refractivity contribution in [3.05, 3.63) is 21.1 Å². The summed E-state index contributed by atoms with van der Waals surface area (Å²) in [6, 6.07) is 0.562. The third kappa shape index (κ3) is 4.07. The first-order valence-electron chi connectivity index (χ1n) is 5.82. The predicted molar refractivity (Wildman–Crippen MR) is 70.1 cm³/mol. The Bertz CT molecular complexity index is 486. The van der Waals surface area contributed by atoms with Crippen LogP contribution in [0.15, 0.2) is 6.07 Å². The summed E-state index contributed by atoms with van der Waals surface area (Å²) in [5, 5.41) is 20.3. The first-order chi connectivity index (χ1) is 9.03. The number of nitro groups is 1. The SMILES string of the molecule is CC(O)c1cc([N+](=O)[O-])c(N(CC(F)(F)F)C(C)C)s1. The van der Waals surface area contributed by atoms with Gasteiger partial charge in [0, 0.05) is 17.0 Å². The monoisotopic (exact) mass is 312 g/mol. The van der Waals surface area contributed by atoms with E-state index in [4.69, 9.17) is 0 Å². The van der Waals surface area contributed by atoms with Gasteiger partial charge in [-0.15, -0.1) is 11.3 Å². The number of nitrogens with zero attached hydrogens (tertiary/aromatic N) is 2. The van der Waals surface area contributed by atoms with Crippen molar-refractivity contribution in [2.75, 3.05) is 11.4 Å². The van der Waals surface area contributed by atoms with Crippen molar-refractivity contribution in [3.63, 3.8) is 0 Å². The van der Waals surface area contributed by atoms with Crippen molar-refractivity contribution in [3.8, 4) is 0 Å². The van der Waals surface area contributed by atoms with E-state index in [2.05, 4.69) is 0 Å². The lowest BCUT2D eigenvalue weighted by Crippen LogP contribution is -2.38. The van der Waals surface area contributed by atoms with Gasteiger partial charge in [0.1, 0.15) is 6.54 Å². The van der Waals surface area contributed by atoms with E-state index >= 15 is 0 Å². The lowest BCUT2D eigenvalue weighted by molar-refractivity contribution is -0.383. The highest BCUT2D eigenvalue weighted by atomic mass is 32.1. The number of aliphatic hydroxyl groups excluding tert-OH is 1. The molecule has 0 aliphatic carbocycles. The maximum absolute atomic E-state index is 12.6. The summed E-state index contributed by atoms with van der Waals surface area (Å²) >= 11 is 0.807. The Morgan fingerprint density at radius 3 is 2.35 bits per heavy atom. The minimum absolute atomic E-state index is 0.0850. The Balaban J connectivity index is 3.28. The number of aliphatic hydroxyl groups is 1. The molecule has 1 N–H and O–H groups in total. The molecule has 1 aromatic rings. The van der Waals surface area contributed by atoms with E-state index in [0.29, 0.717) is 0 Å². The van der Waals surface area contributed by atoms with Crippen molar-refractivity contribution in [1.82, 2.24) is 0 Å². The van der Waals surface area contributed by atoms with Crippen LogP contribution in [0.25, 0.3) is 0 Å². The molecule has 9 heteroatoms. The molecule has 0 fully saturated rings.